The summed E-state index contributed by atoms with van der Waals surface area (Å²) in [6.45, 7) is 3.76. The van der Waals surface area contributed by atoms with Gasteiger partial charge in [0.1, 0.15) is 17.7 Å². The van der Waals surface area contributed by atoms with Crippen molar-refractivity contribution in [2.75, 3.05) is 18.8 Å². The number of aromatic nitrogens is 2. The van der Waals surface area contributed by atoms with Crippen LogP contribution in [0.5, 0.6) is 5.75 Å². The number of nitrogen functional groups attached to an aromatic ring is 1. The minimum Gasteiger partial charge on any atom is -0.484 e. The summed E-state index contributed by atoms with van der Waals surface area (Å²) >= 11 is 12.3. The van der Waals surface area contributed by atoms with Crippen molar-refractivity contribution in [2.45, 2.75) is 31.9 Å². The highest BCUT2D eigenvalue weighted by molar-refractivity contribution is 6.36. The Kier molecular flexibility index (Phi) is 6.18. The molecule has 0 aliphatic carbocycles. The van der Waals surface area contributed by atoms with E-state index >= 15 is 0 Å². The standard InChI is InChI=1S/C22H23Cl2FN4O/c1-13(21-17(23)3-4-18(25)22(21)24)30-20-10-14(2-5-19(20)26)15-11-28-29(12-15)16-6-8-27-9-7-16/h2-5,10-13,16,27H,6-9,26H2,1H3/t13-/m1/s1. The molecule has 2 heterocycles. The molecule has 4 rings (SSSR count). The van der Waals surface area contributed by atoms with Gasteiger partial charge in [0.2, 0.25) is 0 Å². The molecular weight excluding hydrogens is 426 g/mol. The second-order valence-corrected chi connectivity index (χ2v) is 8.24. The van der Waals surface area contributed by atoms with E-state index in [9.17, 15) is 4.39 Å². The quantitative estimate of drug-likeness (QED) is 0.391. The first kappa shape index (κ1) is 21.0. The van der Waals surface area contributed by atoms with E-state index in [0.29, 0.717) is 28.1 Å². The molecule has 3 aromatic rings. The maximum atomic E-state index is 13.9. The molecule has 30 heavy (non-hydrogen) atoms. The fourth-order valence-electron chi connectivity index (χ4n) is 3.74. The van der Waals surface area contributed by atoms with Crippen molar-refractivity contribution in [3.63, 3.8) is 0 Å². The van der Waals surface area contributed by atoms with Crippen LogP contribution < -0.4 is 15.8 Å². The molecule has 1 aromatic heterocycles. The largest absolute Gasteiger partial charge is 0.484 e. The number of rotatable bonds is 5. The van der Waals surface area contributed by atoms with Crippen molar-refractivity contribution in [2.24, 2.45) is 0 Å². The zero-order valence-electron chi connectivity index (χ0n) is 16.5. The number of piperidine rings is 1. The van der Waals surface area contributed by atoms with Crippen LogP contribution in [-0.4, -0.2) is 22.9 Å². The van der Waals surface area contributed by atoms with Gasteiger partial charge in [0, 0.05) is 22.3 Å². The van der Waals surface area contributed by atoms with Crippen LogP contribution in [0.25, 0.3) is 11.1 Å². The molecule has 0 amide bonds. The van der Waals surface area contributed by atoms with Crippen LogP contribution in [0.3, 0.4) is 0 Å². The topological polar surface area (TPSA) is 65.1 Å². The Bertz CT molecular complexity index is 1050. The fraction of sp³-hybridized carbons (Fsp3) is 0.318. The van der Waals surface area contributed by atoms with Crippen molar-refractivity contribution in [3.05, 3.63) is 64.2 Å². The average molecular weight is 449 g/mol. The van der Waals surface area contributed by atoms with Crippen LogP contribution in [0.2, 0.25) is 10.0 Å². The van der Waals surface area contributed by atoms with Gasteiger partial charge in [0.05, 0.1) is 22.9 Å². The molecule has 0 radical (unpaired) electrons. The molecular formula is C22H23Cl2FN4O. The molecule has 1 aliphatic rings. The first-order valence-electron chi connectivity index (χ1n) is 9.89. The minimum atomic E-state index is -0.587. The molecule has 1 aliphatic heterocycles. The predicted octanol–water partition coefficient (Wildman–Crippen LogP) is 5.64. The number of hydrogen-bond acceptors (Lipinski definition) is 4. The lowest BCUT2D eigenvalue weighted by Crippen LogP contribution is -2.29. The molecule has 1 fully saturated rings. The van der Waals surface area contributed by atoms with Gasteiger partial charge in [-0.05, 0) is 62.7 Å². The smallest absolute Gasteiger partial charge is 0.143 e. The van der Waals surface area contributed by atoms with E-state index in [1.165, 1.54) is 12.1 Å². The number of nitrogens with one attached hydrogen (secondary N) is 1. The highest BCUT2D eigenvalue weighted by Gasteiger charge is 2.20. The maximum Gasteiger partial charge on any atom is 0.143 e. The Hall–Kier alpha value is -2.28. The predicted molar refractivity (Wildman–Crippen MR) is 119 cm³/mol. The first-order valence-corrected chi connectivity index (χ1v) is 10.6. The molecule has 1 atom stereocenters. The molecule has 8 heteroatoms. The van der Waals surface area contributed by atoms with E-state index in [0.717, 1.165) is 37.1 Å². The third kappa shape index (κ3) is 4.26. The molecule has 1 saturated heterocycles. The van der Waals surface area contributed by atoms with Crippen LogP contribution in [-0.2, 0) is 0 Å². The summed E-state index contributed by atoms with van der Waals surface area (Å²) < 4.78 is 22.0. The summed E-state index contributed by atoms with van der Waals surface area (Å²) in [5, 5.41) is 8.21. The molecule has 0 saturated carbocycles. The molecule has 5 nitrogen and oxygen atoms in total. The molecule has 0 spiro atoms. The van der Waals surface area contributed by atoms with Gasteiger partial charge in [-0.25, -0.2) is 4.39 Å². The highest BCUT2D eigenvalue weighted by atomic mass is 35.5. The van der Waals surface area contributed by atoms with Crippen molar-refractivity contribution >= 4 is 28.9 Å². The monoisotopic (exact) mass is 448 g/mol. The maximum absolute atomic E-state index is 13.9. The van der Waals surface area contributed by atoms with Gasteiger partial charge in [-0.1, -0.05) is 29.3 Å². The third-order valence-electron chi connectivity index (χ3n) is 5.42. The van der Waals surface area contributed by atoms with Crippen molar-refractivity contribution in [1.29, 1.82) is 0 Å². The van der Waals surface area contributed by atoms with Crippen LogP contribution >= 0.6 is 23.2 Å². The van der Waals surface area contributed by atoms with Crippen molar-refractivity contribution < 1.29 is 9.13 Å². The molecule has 3 N–H and O–H groups in total. The van der Waals surface area contributed by atoms with Gasteiger partial charge in [-0.3, -0.25) is 4.68 Å². The lowest BCUT2D eigenvalue weighted by atomic mass is 10.1. The fourth-order valence-corrected chi connectivity index (χ4v) is 4.42. The van der Waals surface area contributed by atoms with Crippen LogP contribution in [0.4, 0.5) is 10.1 Å². The SMILES string of the molecule is C[C@@H](Oc1cc(-c2cnn(C3CCNCC3)c2)ccc1N)c1c(Cl)ccc(F)c1Cl. The lowest BCUT2D eigenvalue weighted by Gasteiger charge is -2.22. The van der Waals surface area contributed by atoms with Gasteiger partial charge in [-0.15, -0.1) is 0 Å². The van der Waals surface area contributed by atoms with Crippen LogP contribution in [0.1, 0.15) is 37.5 Å². The van der Waals surface area contributed by atoms with E-state index in [-0.39, 0.29) is 5.02 Å². The number of anilines is 1. The first-order chi connectivity index (χ1) is 14.4. The number of halogens is 3. The average Bonchev–Trinajstić information content (AvgIpc) is 3.24. The Morgan fingerprint density at radius 2 is 1.97 bits per heavy atom. The normalized spacial score (nSPS) is 15.9. The summed E-state index contributed by atoms with van der Waals surface area (Å²) in [7, 11) is 0. The van der Waals surface area contributed by atoms with Crippen molar-refractivity contribution in [1.82, 2.24) is 15.1 Å². The summed E-state index contributed by atoms with van der Waals surface area (Å²) in [6, 6.07) is 8.67. The summed E-state index contributed by atoms with van der Waals surface area (Å²) in [5.41, 5.74) is 8.90. The second kappa shape index (κ2) is 8.84. The van der Waals surface area contributed by atoms with E-state index in [4.69, 9.17) is 33.7 Å². The van der Waals surface area contributed by atoms with Gasteiger partial charge in [-0.2, -0.15) is 5.10 Å². The van der Waals surface area contributed by atoms with Gasteiger partial charge in [0.25, 0.3) is 0 Å². The second-order valence-electron chi connectivity index (χ2n) is 7.46. The third-order valence-corrected chi connectivity index (χ3v) is 6.13. The van der Waals surface area contributed by atoms with E-state index in [1.807, 2.05) is 23.0 Å². The zero-order valence-corrected chi connectivity index (χ0v) is 18.1. The van der Waals surface area contributed by atoms with E-state index in [2.05, 4.69) is 16.6 Å². The van der Waals surface area contributed by atoms with Crippen molar-refractivity contribution in [3.8, 4) is 16.9 Å². The number of ether oxygens (including phenoxy) is 1. The Labute approximate surface area is 184 Å². The molecule has 158 valence electrons. The van der Waals surface area contributed by atoms with Crippen LogP contribution in [0.15, 0.2) is 42.7 Å². The van der Waals surface area contributed by atoms with Gasteiger partial charge >= 0.3 is 0 Å². The molecule has 0 bridgehead atoms. The number of nitrogens with two attached hydrogens (primary N) is 1. The lowest BCUT2D eigenvalue weighted by molar-refractivity contribution is 0.228. The summed E-state index contributed by atoms with van der Waals surface area (Å²) in [6.07, 6.45) is 5.43. The Morgan fingerprint density at radius 3 is 2.73 bits per heavy atom. The Morgan fingerprint density at radius 1 is 1.20 bits per heavy atom. The number of nitrogens with zero attached hydrogens (tertiary/aromatic N) is 2. The van der Waals surface area contributed by atoms with Gasteiger partial charge < -0.3 is 15.8 Å². The van der Waals surface area contributed by atoms with Gasteiger partial charge in [0.15, 0.2) is 0 Å². The van der Waals surface area contributed by atoms with E-state index in [1.54, 1.807) is 13.0 Å². The number of benzene rings is 2. The molecule has 2 aromatic carbocycles. The minimum absolute atomic E-state index is 0.0482. The highest BCUT2D eigenvalue weighted by Crippen LogP contribution is 2.37. The summed E-state index contributed by atoms with van der Waals surface area (Å²) in [5.74, 6) is -0.0652. The van der Waals surface area contributed by atoms with Crippen LogP contribution in [0, 0.1) is 5.82 Å². The zero-order chi connectivity index (χ0) is 21.3. The summed E-state index contributed by atoms with van der Waals surface area (Å²) in [4.78, 5) is 0. The Balaban J connectivity index is 1.58. The number of hydrogen-bond donors (Lipinski definition) is 2. The molecule has 0 unspecified atom stereocenters. The van der Waals surface area contributed by atoms with E-state index < -0.39 is 11.9 Å².